The van der Waals surface area contributed by atoms with E-state index in [4.69, 9.17) is 10.8 Å². The first kappa shape index (κ1) is 13.4. The SMILES string of the molecule is Cc1nc(CCNc2cccc(C(=O)O)c2N)cs1. The number of nitrogens with two attached hydrogens (primary N) is 1. The molecule has 0 bridgehead atoms. The number of aromatic carboxylic acids is 1. The van der Waals surface area contributed by atoms with Crippen LogP contribution in [-0.4, -0.2) is 22.6 Å². The third kappa shape index (κ3) is 3.23. The molecule has 0 fully saturated rings. The van der Waals surface area contributed by atoms with Gasteiger partial charge in [-0.1, -0.05) is 6.07 Å². The highest BCUT2D eigenvalue weighted by Gasteiger charge is 2.10. The molecule has 0 saturated heterocycles. The fourth-order valence-electron chi connectivity index (χ4n) is 1.75. The average Bonchev–Trinajstić information content (AvgIpc) is 2.77. The topological polar surface area (TPSA) is 88.2 Å². The number of nitrogens with one attached hydrogen (secondary N) is 1. The normalized spacial score (nSPS) is 10.4. The number of carbonyl (C=O) groups is 1. The average molecular weight is 277 g/mol. The molecule has 0 spiro atoms. The second kappa shape index (κ2) is 5.71. The summed E-state index contributed by atoms with van der Waals surface area (Å²) in [4.78, 5) is 15.3. The second-order valence-electron chi connectivity index (χ2n) is 4.11. The molecule has 0 aliphatic carbocycles. The van der Waals surface area contributed by atoms with Crippen molar-refractivity contribution in [2.24, 2.45) is 0 Å². The number of para-hydroxylation sites is 1. The van der Waals surface area contributed by atoms with Crippen LogP contribution in [0.3, 0.4) is 0 Å². The Hall–Kier alpha value is -2.08. The van der Waals surface area contributed by atoms with Crippen molar-refractivity contribution in [1.29, 1.82) is 0 Å². The molecule has 0 aliphatic rings. The lowest BCUT2D eigenvalue weighted by Crippen LogP contribution is -2.10. The maximum absolute atomic E-state index is 11.0. The molecule has 0 atom stereocenters. The first-order chi connectivity index (χ1) is 9.08. The third-order valence-electron chi connectivity index (χ3n) is 2.70. The molecule has 0 amide bonds. The summed E-state index contributed by atoms with van der Waals surface area (Å²) in [7, 11) is 0. The Morgan fingerprint density at radius 3 is 2.95 bits per heavy atom. The molecule has 1 aromatic carbocycles. The van der Waals surface area contributed by atoms with Crippen molar-refractivity contribution in [2.45, 2.75) is 13.3 Å². The number of carboxylic acids is 1. The van der Waals surface area contributed by atoms with Crippen LogP contribution < -0.4 is 11.1 Å². The molecule has 19 heavy (non-hydrogen) atoms. The van der Waals surface area contributed by atoms with Crippen LogP contribution in [0.15, 0.2) is 23.6 Å². The van der Waals surface area contributed by atoms with Crippen LogP contribution in [0.25, 0.3) is 0 Å². The molecular weight excluding hydrogens is 262 g/mol. The van der Waals surface area contributed by atoms with Gasteiger partial charge in [0.2, 0.25) is 0 Å². The smallest absolute Gasteiger partial charge is 0.337 e. The summed E-state index contributed by atoms with van der Waals surface area (Å²) in [6.45, 7) is 2.63. The van der Waals surface area contributed by atoms with Gasteiger partial charge in [-0.2, -0.15) is 0 Å². The largest absolute Gasteiger partial charge is 0.478 e. The number of hydrogen-bond donors (Lipinski definition) is 3. The third-order valence-corrected chi connectivity index (χ3v) is 3.52. The number of aryl methyl sites for hydroxylation is 1. The maximum Gasteiger partial charge on any atom is 0.337 e. The number of aromatic nitrogens is 1. The maximum atomic E-state index is 11.0. The predicted molar refractivity (Wildman–Crippen MR) is 76.9 cm³/mol. The van der Waals surface area contributed by atoms with E-state index in [9.17, 15) is 4.79 Å². The van der Waals surface area contributed by atoms with E-state index in [1.54, 1.807) is 23.5 Å². The van der Waals surface area contributed by atoms with E-state index in [0.717, 1.165) is 17.1 Å². The number of nitrogen functional groups attached to an aromatic ring is 1. The van der Waals surface area contributed by atoms with E-state index in [1.807, 2.05) is 12.3 Å². The highest BCUT2D eigenvalue weighted by molar-refractivity contribution is 7.09. The minimum absolute atomic E-state index is 0.120. The first-order valence-electron chi connectivity index (χ1n) is 5.84. The Morgan fingerprint density at radius 1 is 1.53 bits per heavy atom. The molecule has 0 radical (unpaired) electrons. The summed E-state index contributed by atoms with van der Waals surface area (Å²) >= 11 is 1.62. The van der Waals surface area contributed by atoms with Gasteiger partial charge in [0, 0.05) is 18.3 Å². The van der Waals surface area contributed by atoms with Crippen molar-refractivity contribution in [2.75, 3.05) is 17.6 Å². The van der Waals surface area contributed by atoms with Gasteiger partial charge in [0.25, 0.3) is 0 Å². The molecule has 1 aromatic heterocycles. The van der Waals surface area contributed by atoms with Gasteiger partial charge in [0.05, 0.1) is 27.6 Å². The van der Waals surface area contributed by atoms with Gasteiger partial charge >= 0.3 is 5.97 Å². The van der Waals surface area contributed by atoms with Crippen molar-refractivity contribution < 1.29 is 9.90 Å². The fourth-order valence-corrected chi connectivity index (χ4v) is 2.40. The highest BCUT2D eigenvalue weighted by atomic mass is 32.1. The van der Waals surface area contributed by atoms with Crippen LogP contribution >= 0.6 is 11.3 Å². The highest BCUT2D eigenvalue weighted by Crippen LogP contribution is 2.22. The van der Waals surface area contributed by atoms with Crippen molar-refractivity contribution >= 4 is 28.7 Å². The lowest BCUT2D eigenvalue weighted by atomic mass is 10.1. The van der Waals surface area contributed by atoms with Crippen LogP contribution in [0.5, 0.6) is 0 Å². The standard InChI is InChI=1S/C13H15N3O2S/c1-8-16-9(7-19-8)5-6-15-11-4-2-3-10(12(11)14)13(17)18/h2-4,7,15H,5-6,14H2,1H3,(H,17,18). The van der Waals surface area contributed by atoms with E-state index < -0.39 is 5.97 Å². The number of benzene rings is 1. The van der Waals surface area contributed by atoms with Crippen molar-refractivity contribution in [3.05, 3.63) is 39.8 Å². The lowest BCUT2D eigenvalue weighted by molar-refractivity contribution is 0.0698. The molecule has 6 heteroatoms. The van der Waals surface area contributed by atoms with Crippen LogP contribution in [0.1, 0.15) is 21.1 Å². The summed E-state index contributed by atoms with van der Waals surface area (Å²) in [5.74, 6) is -1.02. The number of carboxylic acid groups (broad SMARTS) is 1. The molecule has 2 rings (SSSR count). The van der Waals surface area contributed by atoms with Crippen LogP contribution in [0.4, 0.5) is 11.4 Å². The fraction of sp³-hybridized carbons (Fsp3) is 0.231. The summed E-state index contributed by atoms with van der Waals surface area (Å²) < 4.78 is 0. The number of hydrogen-bond acceptors (Lipinski definition) is 5. The van der Waals surface area contributed by atoms with Crippen LogP contribution in [0, 0.1) is 6.92 Å². The Morgan fingerprint density at radius 2 is 2.32 bits per heavy atom. The molecule has 2 aromatic rings. The van der Waals surface area contributed by atoms with E-state index >= 15 is 0 Å². The molecular formula is C13H15N3O2S. The zero-order valence-corrected chi connectivity index (χ0v) is 11.3. The summed E-state index contributed by atoms with van der Waals surface area (Å²) in [6, 6.07) is 4.94. The van der Waals surface area contributed by atoms with Gasteiger partial charge in [-0.25, -0.2) is 9.78 Å². The first-order valence-corrected chi connectivity index (χ1v) is 6.72. The van der Waals surface area contributed by atoms with Gasteiger partial charge in [-0.05, 0) is 19.1 Å². The predicted octanol–water partition coefficient (Wildman–Crippen LogP) is 2.39. The summed E-state index contributed by atoms with van der Waals surface area (Å²) in [5, 5.41) is 15.2. The van der Waals surface area contributed by atoms with Crippen molar-refractivity contribution in [1.82, 2.24) is 4.98 Å². The quantitative estimate of drug-likeness (QED) is 0.730. The Labute approximate surface area is 115 Å². The molecule has 0 saturated carbocycles. The monoisotopic (exact) mass is 277 g/mol. The van der Waals surface area contributed by atoms with Gasteiger partial charge in [-0.3, -0.25) is 0 Å². The van der Waals surface area contributed by atoms with Crippen molar-refractivity contribution in [3.63, 3.8) is 0 Å². The minimum Gasteiger partial charge on any atom is -0.478 e. The number of anilines is 2. The van der Waals surface area contributed by atoms with Gasteiger partial charge in [0.1, 0.15) is 0 Å². The van der Waals surface area contributed by atoms with E-state index in [0.29, 0.717) is 12.2 Å². The Kier molecular flexibility index (Phi) is 4.01. The van der Waals surface area contributed by atoms with Gasteiger partial charge < -0.3 is 16.2 Å². The minimum atomic E-state index is -1.02. The van der Waals surface area contributed by atoms with Crippen LogP contribution in [-0.2, 0) is 6.42 Å². The Bertz CT molecular complexity index is 595. The van der Waals surface area contributed by atoms with E-state index in [-0.39, 0.29) is 11.3 Å². The Balaban J connectivity index is 2.00. The molecule has 5 nitrogen and oxygen atoms in total. The number of nitrogens with zero attached hydrogens (tertiary/aromatic N) is 1. The molecule has 0 unspecified atom stereocenters. The molecule has 0 aliphatic heterocycles. The van der Waals surface area contributed by atoms with E-state index in [2.05, 4.69) is 10.3 Å². The van der Waals surface area contributed by atoms with Gasteiger partial charge in [-0.15, -0.1) is 11.3 Å². The zero-order valence-electron chi connectivity index (χ0n) is 10.5. The van der Waals surface area contributed by atoms with E-state index in [1.165, 1.54) is 6.07 Å². The molecule has 1 heterocycles. The second-order valence-corrected chi connectivity index (χ2v) is 5.17. The number of rotatable bonds is 5. The molecule has 100 valence electrons. The lowest BCUT2D eigenvalue weighted by Gasteiger charge is -2.10. The summed E-state index contributed by atoms with van der Waals surface area (Å²) in [6.07, 6.45) is 0.779. The van der Waals surface area contributed by atoms with Crippen molar-refractivity contribution in [3.8, 4) is 0 Å². The summed E-state index contributed by atoms with van der Waals surface area (Å²) in [5.41, 5.74) is 7.87. The van der Waals surface area contributed by atoms with Gasteiger partial charge in [0.15, 0.2) is 0 Å². The number of thiazole rings is 1. The zero-order chi connectivity index (χ0) is 13.8. The molecule has 4 N–H and O–H groups in total. The van der Waals surface area contributed by atoms with Crippen LogP contribution in [0.2, 0.25) is 0 Å².